The van der Waals surface area contributed by atoms with Gasteiger partial charge in [-0.05, 0) is 83.5 Å². The summed E-state index contributed by atoms with van der Waals surface area (Å²) in [5.41, 5.74) is 0. The number of nitrogens with zero attached hydrogens (tertiary/aromatic N) is 1. The molecule has 382 valence electrons. The molecule has 2 unspecified atom stereocenters. The standard InChI is InChI=1S/C56H100NO8P/c1-6-8-10-12-14-16-18-20-22-24-25-26-27-28-29-30-31-33-35-37-39-41-43-45-47-49-56(59)65-54(53-64-66(60,61)63-51-50-57(3,4)5)52-62-55(58)48-46-44-42-40-38-36-34-32-23-21-19-17-15-13-11-9-7-2/h9,11,15,17-18,20-21,23-25,27-28,54H,6-8,10,12-14,16,19,22,26,29-53H2,1-5H3/b11-9-,17-15-,20-18-,23-21-,25-24-,28-27-. The van der Waals surface area contributed by atoms with Crippen molar-refractivity contribution in [1.82, 2.24) is 0 Å². The second-order valence-electron chi connectivity index (χ2n) is 18.9. The Kier molecular flexibility index (Phi) is 45.7. The SMILES string of the molecule is CC/C=C\C/C=C\C/C=C\CCCCCCCCCC(=O)OCC(COP(=O)([O-])OCC[N+](C)(C)C)OC(=O)CCCCCCCCCCCC/C=C\C/C=C\C/C=C\CCCCCCC. The van der Waals surface area contributed by atoms with Gasteiger partial charge in [0.2, 0.25) is 0 Å². The van der Waals surface area contributed by atoms with Crippen LogP contribution in [0.25, 0.3) is 0 Å². The molecule has 0 fully saturated rings. The van der Waals surface area contributed by atoms with Gasteiger partial charge in [0.05, 0.1) is 27.7 Å². The van der Waals surface area contributed by atoms with Crippen LogP contribution in [0.5, 0.6) is 0 Å². The van der Waals surface area contributed by atoms with Gasteiger partial charge in [-0.2, -0.15) is 0 Å². The number of allylic oxidation sites excluding steroid dienone is 12. The summed E-state index contributed by atoms with van der Waals surface area (Å²) in [4.78, 5) is 37.8. The number of rotatable bonds is 48. The van der Waals surface area contributed by atoms with Crippen molar-refractivity contribution in [3.63, 3.8) is 0 Å². The maximum Gasteiger partial charge on any atom is 0.306 e. The van der Waals surface area contributed by atoms with E-state index in [9.17, 15) is 19.0 Å². The molecule has 0 saturated heterocycles. The normalized spacial score (nSPS) is 14.0. The fourth-order valence-electron chi connectivity index (χ4n) is 7.09. The first-order chi connectivity index (χ1) is 32.0. The zero-order chi connectivity index (χ0) is 48.5. The van der Waals surface area contributed by atoms with Crippen molar-refractivity contribution in [1.29, 1.82) is 0 Å². The van der Waals surface area contributed by atoms with Gasteiger partial charge in [-0.3, -0.25) is 14.2 Å². The highest BCUT2D eigenvalue weighted by atomic mass is 31.2. The summed E-state index contributed by atoms with van der Waals surface area (Å²) in [5.74, 6) is -0.850. The summed E-state index contributed by atoms with van der Waals surface area (Å²) in [5, 5.41) is 0. The fraction of sp³-hybridized carbons (Fsp3) is 0.750. The van der Waals surface area contributed by atoms with E-state index in [2.05, 4.69) is 86.8 Å². The Morgan fingerprint density at radius 2 is 0.864 bits per heavy atom. The smallest absolute Gasteiger partial charge is 0.306 e. The van der Waals surface area contributed by atoms with Crippen LogP contribution in [-0.2, 0) is 32.7 Å². The molecule has 0 rings (SSSR count). The molecule has 0 aromatic heterocycles. The van der Waals surface area contributed by atoms with Crippen LogP contribution in [0.4, 0.5) is 0 Å². The Morgan fingerprint density at radius 3 is 1.29 bits per heavy atom. The van der Waals surface area contributed by atoms with Gasteiger partial charge in [0.1, 0.15) is 19.8 Å². The minimum absolute atomic E-state index is 0.0364. The Labute approximate surface area is 406 Å². The molecule has 0 bridgehead atoms. The van der Waals surface area contributed by atoms with Crippen LogP contribution in [0.1, 0.15) is 219 Å². The van der Waals surface area contributed by atoms with Gasteiger partial charge in [-0.15, -0.1) is 0 Å². The number of ether oxygens (including phenoxy) is 2. The van der Waals surface area contributed by atoms with Crippen LogP contribution in [0, 0.1) is 0 Å². The third kappa shape index (κ3) is 50.9. The Balaban J connectivity index is 4.24. The van der Waals surface area contributed by atoms with E-state index in [-0.39, 0.29) is 26.1 Å². The van der Waals surface area contributed by atoms with Gasteiger partial charge in [0, 0.05) is 12.8 Å². The minimum Gasteiger partial charge on any atom is -0.756 e. The average molecular weight is 946 g/mol. The molecule has 66 heavy (non-hydrogen) atoms. The number of esters is 2. The topological polar surface area (TPSA) is 111 Å². The van der Waals surface area contributed by atoms with Crippen molar-refractivity contribution in [2.45, 2.75) is 225 Å². The molecule has 0 aromatic carbocycles. The first kappa shape index (κ1) is 63.5. The third-order valence-corrected chi connectivity index (χ3v) is 12.2. The second-order valence-corrected chi connectivity index (χ2v) is 20.3. The summed E-state index contributed by atoms with van der Waals surface area (Å²) < 4.78 is 34.1. The van der Waals surface area contributed by atoms with Crippen molar-refractivity contribution in [3.8, 4) is 0 Å². The molecule has 0 amide bonds. The van der Waals surface area contributed by atoms with E-state index in [1.165, 1.54) is 96.3 Å². The number of hydrogen-bond acceptors (Lipinski definition) is 8. The lowest BCUT2D eigenvalue weighted by Gasteiger charge is -2.28. The predicted octanol–water partition coefficient (Wildman–Crippen LogP) is 15.5. The molecule has 0 aliphatic carbocycles. The first-order valence-corrected chi connectivity index (χ1v) is 28.1. The molecule has 0 aromatic rings. The molecule has 9 nitrogen and oxygen atoms in total. The largest absolute Gasteiger partial charge is 0.756 e. The van der Waals surface area contributed by atoms with Crippen molar-refractivity contribution in [2.24, 2.45) is 0 Å². The van der Waals surface area contributed by atoms with E-state index in [0.29, 0.717) is 23.9 Å². The lowest BCUT2D eigenvalue weighted by Crippen LogP contribution is -2.37. The molecule has 2 atom stereocenters. The number of quaternary nitrogens is 1. The summed E-state index contributed by atoms with van der Waals surface area (Å²) in [6.45, 7) is 4.10. The Bertz CT molecular complexity index is 1350. The van der Waals surface area contributed by atoms with Crippen LogP contribution >= 0.6 is 7.82 Å². The molecule has 0 aliphatic heterocycles. The van der Waals surface area contributed by atoms with Gasteiger partial charge in [0.15, 0.2) is 6.10 Å². The third-order valence-electron chi connectivity index (χ3n) is 11.2. The number of likely N-dealkylation sites (N-methyl/N-ethyl adjacent to an activating group) is 1. The molecular weight excluding hydrogens is 846 g/mol. The molecular formula is C56H100NO8P. The van der Waals surface area contributed by atoms with E-state index >= 15 is 0 Å². The molecule has 0 spiro atoms. The zero-order valence-electron chi connectivity index (χ0n) is 43.1. The number of phosphoric ester groups is 1. The van der Waals surface area contributed by atoms with E-state index in [4.69, 9.17) is 18.5 Å². The van der Waals surface area contributed by atoms with Gasteiger partial charge in [-0.1, -0.05) is 196 Å². The average Bonchev–Trinajstić information content (AvgIpc) is 3.27. The number of carbonyl (C=O) groups excluding carboxylic acids is 2. The van der Waals surface area contributed by atoms with Gasteiger partial charge in [0.25, 0.3) is 7.82 Å². The Morgan fingerprint density at radius 1 is 0.485 bits per heavy atom. The van der Waals surface area contributed by atoms with Gasteiger partial charge in [-0.25, -0.2) is 0 Å². The van der Waals surface area contributed by atoms with Crippen molar-refractivity contribution in [2.75, 3.05) is 47.5 Å². The highest BCUT2D eigenvalue weighted by molar-refractivity contribution is 7.45. The number of unbranched alkanes of at least 4 members (excludes halogenated alkanes) is 22. The molecule has 0 radical (unpaired) electrons. The van der Waals surface area contributed by atoms with Gasteiger partial charge < -0.3 is 27.9 Å². The quantitative estimate of drug-likeness (QED) is 0.0195. The highest BCUT2D eigenvalue weighted by Gasteiger charge is 2.21. The maximum atomic E-state index is 12.8. The molecule has 0 saturated carbocycles. The summed E-state index contributed by atoms with van der Waals surface area (Å²) in [6, 6.07) is 0. The van der Waals surface area contributed by atoms with Crippen molar-refractivity contribution >= 4 is 19.8 Å². The summed E-state index contributed by atoms with van der Waals surface area (Å²) in [6.07, 6.45) is 60.7. The van der Waals surface area contributed by atoms with E-state index in [0.717, 1.165) is 83.5 Å². The minimum atomic E-state index is -4.64. The molecule has 0 N–H and O–H groups in total. The zero-order valence-corrected chi connectivity index (χ0v) is 44.0. The van der Waals surface area contributed by atoms with Crippen LogP contribution in [0.3, 0.4) is 0 Å². The van der Waals surface area contributed by atoms with Crippen LogP contribution < -0.4 is 4.89 Å². The first-order valence-electron chi connectivity index (χ1n) is 26.6. The van der Waals surface area contributed by atoms with Gasteiger partial charge >= 0.3 is 11.9 Å². The van der Waals surface area contributed by atoms with Crippen LogP contribution in [0.15, 0.2) is 72.9 Å². The lowest BCUT2D eigenvalue weighted by atomic mass is 10.0. The second kappa shape index (κ2) is 47.5. The monoisotopic (exact) mass is 946 g/mol. The predicted molar refractivity (Wildman–Crippen MR) is 277 cm³/mol. The molecule has 0 heterocycles. The number of hydrogen-bond donors (Lipinski definition) is 0. The van der Waals surface area contributed by atoms with Crippen LogP contribution in [-0.4, -0.2) is 70.0 Å². The van der Waals surface area contributed by atoms with Crippen molar-refractivity contribution in [3.05, 3.63) is 72.9 Å². The highest BCUT2D eigenvalue weighted by Crippen LogP contribution is 2.38. The number of phosphoric acid groups is 1. The lowest BCUT2D eigenvalue weighted by molar-refractivity contribution is -0.870. The summed E-state index contributed by atoms with van der Waals surface area (Å²) >= 11 is 0. The Hall–Kier alpha value is -2.55. The van der Waals surface area contributed by atoms with Crippen molar-refractivity contribution < 1.29 is 42.1 Å². The van der Waals surface area contributed by atoms with Crippen LogP contribution in [0.2, 0.25) is 0 Å². The van der Waals surface area contributed by atoms with E-state index in [1.54, 1.807) is 0 Å². The fourth-order valence-corrected chi connectivity index (χ4v) is 7.82. The van der Waals surface area contributed by atoms with E-state index in [1.807, 2.05) is 21.1 Å². The maximum absolute atomic E-state index is 12.8. The summed E-state index contributed by atoms with van der Waals surface area (Å²) in [7, 11) is 1.15. The number of carbonyl (C=O) groups is 2. The van der Waals surface area contributed by atoms with E-state index < -0.39 is 32.5 Å². The molecule has 0 aliphatic rings. The molecule has 10 heteroatoms.